The predicted octanol–water partition coefficient (Wildman–Crippen LogP) is 0.704. The second-order valence-electron chi connectivity index (χ2n) is 7.16. The third kappa shape index (κ3) is 3.98. The van der Waals surface area contributed by atoms with Crippen LogP contribution in [0.1, 0.15) is 28.9 Å². The number of carbonyl (C=O) groups excluding carboxylic acids is 1. The van der Waals surface area contributed by atoms with Crippen molar-refractivity contribution in [3.63, 3.8) is 0 Å². The van der Waals surface area contributed by atoms with Gasteiger partial charge in [0.15, 0.2) is 0 Å². The number of morpholine rings is 1. The third-order valence-corrected chi connectivity index (χ3v) is 5.38. The summed E-state index contributed by atoms with van der Waals surface area (Å²) in [6, 6.07) is 1.55. The molecule has 28 heavy (non-hydrogen) atoms. The van der Waals surface area contributed by atoms with Crippen molar-refractivity contribution in [1.29, 1.82) is 0 Å². The number of hydrogen-bond acceptors (Lipinski definition) is 6. The number of nitrogens with zero attached hydrogens (tertiary/aromatic N) is 4. The molecular formula is C20H25N5O3. The van der Waals surface area contributed by atoms with Gasteiger partial charge < -0.3 is 14.6 Å². The Balaban J connectivity index is 1.62. The third-order valence-electron chi connectivity index (χ3n) is 5.38. The Labute approximate surface area is 163 Å². The molecule has 0 spiro atoms. The molecule has 0 atom stereocenters. The molecule has 1 N–H and O–H groups in total. The molecule has 2 aromatic rings. The lowest BCUT2D eigenvalue weighted by Crippen LogP contribution is -2.42. The van der Waals surface area contributed by atoms with Crippen molar-refractivity contribution in [2.45, 2.75) is 25.8 Å². The maximum atomic E-state index is 13.2. The lowest BCUT2D eigenvalue weighted by molar-refractivity contribution is 0.0383. The molecule has 148 valence electrons. The Morgan fingerprint density at radius 1 is 1.14 bits per heavy atom. The first-order valence-electron chi connectivity index (χ1n) is 9.84. The van der Waals surface area contributed by atoms with Crippen molar-refractivity contribution in [1.82, 2.24) is 24.8 Å². The number of hydrogen-bond donors (Lipinski definition) is 1. The molecule has 0 bridgehead atoms. The minimum atomic E-state index is -0.141. The van der Waals surface area contributed by atoms with Crippen LogP contribution in [0.4, 0.5) is 0 Å². The highest BCUT2D eigenvalue weighted by Crippen LogP contribution is 2.27. The normalized spacial score (nSPS) is 17.1. The monoisotopic (exact) mass is 383 g/mol. The predicted molar refractivity (Wildman–Crippen MR) is 104 cm³/mol. The van der Waals surface area contributed by atoms with Gasteiger partial charge in [0.1, 0.15) is 6.33 Å². The summed E-state index contributed by atoms with van der Waals surface area (Å²) in [5, 5.41) is 3.05. The zero-order chi connectivity index (χ0) is 19.3. The van der Waals surface area contributed by atoms with Gasteiger partial charge in [0.2, 0.25) is 0 Å². The quantitative estimate of drug-likeness (QED) is 0.818. The first-order valence-corrected chi connectivity index (χ1v) is 9.84. The van der Waals surface area contributed by atoms with Crippen LogP contribution in [-0.4, -0.2) is 64.7 Å². The van der Waals surface area contributed by atoms with E-state index >= 15 is 0 Å². The highest BCUT2D eigenvalue weighted by Gasteiger charge is 2.24. The average Bonchev–Trinajstić information content (AvgIpc) is 2.75. The van der Waals surface area contributed by atoms with Crippen molar-refractivity contribution in [3.8, 4) is 11.1 Å². The standard InChI is InChI=1S/C20H25N5O3/c26-18-11-16(15-12-21-14-22-13-15)19(17-3-1-2-5-25(17)18)20(27)23-4-6-24-7-9-28-10-8-24/h11-14H,1-10H2,(H,23,27). The van der Waals surface area contributed by atoms with Gasteiger partial charge >= 0.3 is 0 Å². The van der Waals surface area contributed by atoms with Gasteiger partial charge in [0.05, 0.1) is 18.8 Å². The van der Waals surface area contributed by atoms with E-state index in [1.165, 1.54) is 6.33 Å². The van der Waals surface area contributed by atoms with Crippen molar-refractivity contribution < 1.29 is 9.53 Å². The van der Waals surface area contributed by atoms with Gasteiger partial charge in [0.25, 0.3) is 11.5 Å². The van der Waals surface area contributed by atoms with Gasteiger partial charge in [-0.2, -0.15) is 0 Å². The highest BCUT2D eigenvalue weighted by atomic mass is 16.5. The van der Waals surface area contributed by atoms with E-state index in [2.05, 4.69) is 20.2 Å². The van der Waals surface area contributed by atoms with Crippen LogP contribution >= 0.6 is 0 Å². The van der Waals surface area contributed by atoms with Crippen LogP contribution < -0.4 is 10.9 Å². The maximum absolute atomic E-state index is 13.2. The maximum Gasteiger partial charge on any atom is 0.253 e. The van der Waals surface area contributed by atoms with Crippen LogP contribution in [0.15, 0.2) is 29.6 Å². The van der Waals surface area contributed by atoms with Crippen LogP contribution in [0, 0.1) is 0 Å². The van der Waals surface area contributed by atoms with Crippen LogP contribution in [-0.2, 0) is 17.7 Å². The van der Waals surface area contributed by atoms with E-state index in [9.17, 15) is 9.59 Å². The van der Waals surface area contributed by atoms with Crippen molar-refractivity contribution in [2.24, 2.45) is 0 Å². The number of aromatic nitrogens is 3. The number of ether oxygens (including phenoxy) is 1. The summed E-state index contributed by atoms with van der Waals surface area (Å²) in [4.78, 5) is 36.2. The highest BCUT2D eigenvalue weighted by molar-refractivity contribution is 6.01. The Bertz CT molecular complexity index is 891. The van der Waals surface area contributed by atoms with Crippen LogP contribution in [0.2, 0.25) is 0 Å². The van der Waals surface area contributed by atoms with Crippen molar-refractivity contribution in [3.05, 3.63) is 46.4 Å². The smallest absolute Gasteiger partial charge is 0.253 e. The Kier molecular flexibility index (Phi) is 5.78. The topological polar surface area (TPSA) is 89.4 Å². The molecule has 4 rings (SSSR count). The zero-order valence-corrected chi connectivity index (χ0v) is 15.9. The molecule has 0 unspecified atom stereocenters. The number of carbonyl (C=O) groups is 1. The number of amides is 1. The van der Waals surface area contributed by atoms with E-state index in [1.807, 2.05) is 0 Å². The molecule has 1 saturated heterocycles. The van der Waals surface area contributed by atoms with Gasteiger partial charge in [-0.1, -0.05) is 0 Å². The second kappa shape index (κ2) is 8.62. The fourth-order valence-electron chi connectivity index (χ4n) is 3.92. The van der Waals surface area contributed by atoms with E-state index < -0.39 is 0 Å². The van der Waals surface area contributed by atoms with E-state index in [1.54, 1.807) is 23.0 Å². The minimum absolute atomic E-state index is 0.0709. The van der Waals surface area contributed by atoms with E-state index in [-0.39, 0.29) is 11.5 Å². The number of fused-ring (bicyclic) bond motifs is 1. The number of pyridine rings is 1. The molecule has 8 nitrogen and oxygen atoms in total. The lowest BCUT2D eigenvalue weighted by atomic mass is 9.95. The van der Waals surface area contributed by atoms with Gasteiger partial charge in [0, 0.05) is 68.0 Å². The summed E-state index contributed by atoms with van der Waals surface area (Å²) in [6.45, 7) is 5.25. The summed E-state index contributed by atoms with van der Waals surface area (Å²) >= 11 is 0. The minimum Gasteiger partial charge on any atom is -0.379 e. The average molecular weight is 383 g/mol. The van der Waals surface area contributed by atoms with E-state index in [4.69, 9.17) is 4.74 Å². The zero-order valence-electron chi connectivity index (χ0n) is 15.9. The van der Waals surface area contributed by atoms with Gasteiger partial charge in [-0.15, -0.1) is 0 Å². The molecule has 1 amide bonds. The van der Waals surface area contributed by atoms with E-state index in [0.717, 1.165) is 57.8 Å². The Morgan fingerprint density at radius 3 is 2.71 bits per heavy atom. The molecule has 2 aromatic heterocycles. The van der Waals surface area contributed by atoms with Gasteiger partial charge in [-0.3, -0.25) is 14.5 Å². The van der Waals surface area contributed by atoms with Crippen LogP contribution in [0.25, 0.3) is 11.1 Å². The fourth-order valence-corrected chi connectivity index (χ4v) is 3.92. The Morgan fingerprint density at radius 2 is 1.93 bits per heavy atom. The summed E-state index contributed by atoms with van der Waals surface area (Å²) in [6.07, 6.45) is 7.39. The molecule has 0 saturated carbocycles. The second-order valence-corrected chi connectivity index (χ2v) is 7.16. The van der Waals surface area contributed by atoms with E-state index in [0.29, 0.717) is 29.8 Å². The molecule has 2 aliphatic rings. The first-order chi connectivity index (χ1) is 13.7. The molecule has 0 aliphatic carbocycles. The largest absolute Gasteiger partial charge is 0.379 e. The summed E-state index contributed by atoms with van der Waals surface area (Å²) < 4.78 is 7.11. The lowest BCUT2D eigenvalue weighted by Gasteiger charge is -2.27. The molecule has 2 aliphatic heterocycles. The molecular weight excluding hydrogens is 358 g/mol. The summed E-state index contributed by atoms with van der Waals surface area (Å²) in [5.41, 5.74) is 2.63. The molecule has 4 heterocycles. The summed E-state index contributed by atoms with van der Waals surface area (Å²) in [5.74, 6) is -0.141. The van der Waals surface area contributed by atoms with Crippen molar-refractivity contribution in [2.75, 3.05) is 39.4 Å². The first kappa shape index (κ1) is 18.8. The SMILES string of the molecule is O=C(NCCN1CCOCC1)c1c(-c2cncnc2)cc(=O)n2c1CCCC2. The van der Waals surface area contributed by atoms with Gasteiger partial charge in [-0.05, 0) is 19.3 Å². The van der Waals surface area contributed by atoms with Crippen LogP contribution in [0.5, 0.6) is 0 Å². The molecule has 8 heteroatoms. The van der Waals surface area contributed by atoms with Gasteiger partial charge in [-0.25, -0.2) is 9.97 Å². The molecule has 1 fully saturated rings. The van der Waals surface area contributed by atoms with Crippen LogP contribution in [0.3, 0.4) is 0 Å². The molecule has 0 radical (unpaired) electrons. The number of nitrogens with one attached hydrogen (secondary N) is 1. The fraction of sp³-hybridized carbons (Fsp3) is 0.500. The molecule has 0 aromatic carbocycles. The Hall–Kier alpha value is -2.58. The van der Waals surface area contributed by atoms with Crippen molar-refractivity contribution >= 4 is 5.91 Å². The number of rotatable bonds is 5. The summed E-state index contributed by atoms with van der Waals surface area (Å²) in [7, 11) is 0.